The zero-order chi connectivity index (χ0) is 20.5. The molecule has 154 valence electrons. The number of anilines is 1. The van der Waals surface area contributed by atoms with Crippen molar-refractivity contribution in [1.82, 2.24) is 20.0 Å². The van der Waals surface area contributed by atoms with Crippen molar-refractivity contribution in [3.05, 3.63) is 47.0 Å². The summed E-state index contributed by atoms with van der Waals surface area (Å²) in [5, 5.41) is 9.41. The highest BCUT2D eigenvalue weighted by molar-refractivity contribution is 5.95. The van der Waals surface area contributed by atoms with Gasteiger partial charge in [-0.2, -0.15) is 5.10 Å². The Labute approximate surface area is 163 Å². The predicted octanol–water partition coefficient (Wildman–Crippen LogP) is 1.87. The standard InChI is InChI=1S/C18H18F3N5O3/c19-13-5-11(6-14(20)16(13)21)24-18(28)25-2-3-26-15(8-25)12(7-22-26)17(27)23-10-1-4-29-9-10/h5-7,10H,1-4,8-9H2,(H,23,27)(H,24,28)/t10-/m0/s1. The van der Waals surface area contributed by atoms with E-state index in [2.05, 4.69) is 15.7 Å². The van der Waals surface area contributed by atoms with E-state index < -0.39 is 23.5 Å². The van der Waals surface area contributed by atoms with Crippen LogP contribution in [0.5, 0.6) is 0 Å². The minimum absolute atomic E-state index is 0.0655. The van der Waals surface area contributed by atoms with E-state index in [-0.39, 0.29) is 30.7 Å². The van der Waals surface area contributed by atoms with Gasteiger partial charge in [-0.25, -0.2) is 18.0 Å². The molecule has 1 aromatic heterocycles. The fourth-order valence-electron chi connectivity index (χ4n) is 3.35. The van der Waals surface area contributed by atoms with Crippen LogP contribution in [0.2, 0.25) is 0 Å². The van der Waals surface area contributed by atoms with Gasteiger partial charge in [0, 0.05) is 31.0 Å². The number of ether oxygens (including phenoxy) is 1. The Balaban J connectivity index is 1.46. The molecule has 0 aliphatic carbocycles. The van der Waals surface area contributed by atoms with E-state index in [0.717, 1.165) is 6.42 Å². The minimum Gasteiger partial charge on any atom is -0.379 e. The molecule has 1 fully saturated rings. The Morgan fingerprint density at radius 3 is 2.62 bits per heavy atom. The normalized spacial score (nSPS) is 18.4. The van der Waals surface area contributed by atoms with Gasteiger partial charge in [-0.15, -0.1) is 0 Å². The predicted molar refractivity (Wildman–Crippen MR) is 94.7 cm³/mol. The molecule has 1 saturated heterocycles. The Morgan fingerprint density at radius 1 is 1.17 bits per heavy atom. The second kappa shape index (κ2) is 7.74. The molecule has 0 spiro atoms. The number of aromatic nitrogens is 2. The van der Waals surface area contributed by atoms with Gasteiger partial charge >= 0.3 is 6.03 Å². The van der Waals surface area contributed by atoms with Crippen LogP contribution < -0.4 is 10.6 Å². The molecule has 3 amide bonds. The summed E-state index contributed by atoms with van der Waals surface area (Å²) in [5.74, 6) is -4.70. The average Bonchev–Trinajstić information content (AvgIpc) is 3.34. The van der Waals surface area contributed by atoms with E-state index >= 15 is 0 Å². The number of fused-ring (bicyclic) bond motifs is 1. The number of carbonyl (C=O) groups is 2. The van der Waals surface area contributed by atoms with Crippen molar-refractivity contribution in [3.63, 3.8) is 0 Å². The summed E-state index contributed by atoms with van der Waals surface area (Å²) >= 11 is 0. The molecule has 0 bridgehead atoms. The van der Waals surface area contributed by atoms with E-state index in [9.17, 15) is 22.8 Å². The summed E-state index contributed by atoms with van der Waals surface area (Å²) in [5.41, 5.74) is 0.706. The van der Waals surface area contributed by atoms with E-state index in [1.807, 2.05) is 0 Å². The van der Waals surface area contributed by atoms with Crippen molar-refractivity contribution in [2.24, 2.45) is 0 Å². The van der Waals surface area contributed by atoms with E-state index in [1.54, 1.807) is 4.68 Å². The summed E-state index contributed by atoms with van der Waals surface area (Å²) in [4.78, 5) is 26.4. The van der Waals surface area contributed by atoms with Gasteiger partial charge in [-0.3, -0.25) is 9.48 Å². The Hall–Kier alpha value is -3.08. The first-order valence-electron chi connectivity index (χ1n) is 9.06. The van der Waals surface area contributed by atoms with Gasteiger partial charge in [-0.05, 0) is 6.42 Å². The van der Waals surface area contributed by atoms with Crippen LogP contribution in [0.4, 0.5) is 23.7 Å². The molecule has 2 aliphatic heterocycles. The molecule has 0 unspecified atom stereocenters. The Bertz CT molecular complexity index is 935. The maximum absolute atomic E-state index is 13.4. The van der Waals surface area contributed by atoms with Gasteiger partial charge in [0.1, 0.15) is 0 Å². The van der Waals surface area contributed by atoms with Crippen LogP contribution >= 0.6 is 0 Å². The maximum Gasteiger partial charge on any atom is 0.322 e. The lowest BCUT2D eigenvalue weighted by atomic mass is 10.1. The van der Waals surface area contributed by atoms with Crippen LogP contribution in [0.15, 0.2) is 18.3 Å². The smallest absolute Gasteiger partial charge is 0.322 e. The molecule has 2 aromatic rings. The first-order valence-corrected chi connectivity index (χ1v) is 9.06. The summed E-state index contributed by atoms with van der Waals surface area (Å²) < 4.78 is 46.7. The zero-order valence-corrected chi connectivity index (χ0v) is 15.3. The van der Waals surface area contributed by atoms with Crippen molar-refractivity contribution in [1.29, 1.82) is 0 Å². The third-order valence-corrected chi connectivity index (χ3v) is 4.90. The van der Waals surface area contributed by atoms with Crippen LogP contribution in [0.25, 0.3) is 0 Å². The quantitative estimate of drug-likeness (QED) is 0.758. The zero-order valence-electron chi connectivity index (χ0n) is 15.3. The number of nitrogens with one attached hydrogen (secondary N) is 2. The highest BCUT2D eigenvalue weighted by Crippen LogP contribution is 2.21. The molecule has 1 atom stereocenters. The van der Waals surface area contributed by atoms with E-state index in [4.69, 9.17) is 4.74 Å². The van der Waals surface area contributed by atoms with Crippen molar-refractivity contribution in [2.75, 3.05) is 25.1 Å². The van der Waals surface area contributed by atoms with Gasteiger partial charge in [0.15, 0.2) is 17.5 Å². The van der Waals surface area contributed by atoms with Crippen molar-refractivity contribution in [3.8, 4) is 0 Å². The molecule has 4 rings (SSSR count). The lowest BCUT2D eigenvalue weighted by molar-refractivity contribution is 0.0926. The molecular weight excluding hydrogens is 391 g/mol. The second-order valence-electron chi connectivity index (χ2n) is 6.87. The largest absolute Gasteiger partial charge is 0.379 e. The molecule has 2 N–H and O–H groups in total. The fourth-order valence-corrected chi connectivity index (χ4v) is 3.35. The topological polar surface area (TPSA) is 88.5 Å². The minimum atomic E-state index is -1.60. The van der Waals surface area contributed by atoms with Crippen LogP contribution in [0, 0.1) is 17.5 Å². The lowest BCUT2D eigenvalue weighted by Crippen LogP contribution is -2.42. The number of carbonyl (C=O) groups excluding carboxylic acids is 2. The third-order valence-electron chi connectivity index (χ3n) is 4.90. The number of rotatable bonds is 3. The fraction of sp³-hybridized carbons (Fsp3) is 0.389. The van der Waals surface area contributed by atoms with Crippen LogP contribution in [0.3, 0.4) is 0 Å². The molecule has 8 nitrogen and oxygen atoms in total. The summed E-state index contributed by atoms with van der Waals surface area (Å²) in [6.45, 7) is 1.77. The monoisotopic (exact) mass is 409 g/mol. The Kier molecular flexibility index (Phi) is 5.14. The van der Waals surface area contributed by atoms with E-state index in [0.29, 0.717) is 43.1 Å². The molecule has 11 heteroatoms. The maximum atomic E-state index is 13.4. The second-order valence-corrected chi connectivity index (χ2v) is 6.87. The van der Waals surface area contributed by atoms with Crippen molar-refractivity contribution < 1.29 is 27.5 Å². The number of urea groups is 1. The SMILES string of the molecule is O=C(N[C@H]1CCOC1)c1cnn2c1CN(C(=O)Nc1cc(F)c(F)c(F)c1)CC2. The summed E-state index contributed by atoms with van der Waals surface area (Å²) in [6, 6.07) is 0.711. The molecule has 2 aliphatic rings. The number of halogens is 3. The highest BCUT2D eigenvalue weighted by atomic mass is 19.2. The number of amides is 3. The molecule has 0 saturated carbocycles. The molecule has 3 heterocycles. The van der Waals surface area contributed by atoms with Gasteiger partial charge in [-0.1, -0.05) is 0 Å². The number of hydrogen-bond acceptors (Lipinski definition) is 4. The number of benzene rings is 1. The lowest BCUT2D eigenvalue weighted by Gasteiger charge is -2.28. The highest BCUT2D eigenvalue weighted by Gasteiger charge is 2.28. The van der Waals surface area contributed by atoms with Gasteiger partial charge in [0.25, 0.3) is 5.91 Å². The van der Waals surface area contributed by atoms with Crippen LogP contribution in [-0.4, -0.2) is 52.4 Å². The van der Waals surface area contributed by atoms with Crippen molar-refractivity contribution in [2.45, 2.75) is 25.6 Å². The average molecular weight is 409 g/mol. The number of nitrogens with zero attached hydrogens (tertiary/aromatic N) is 3. The molecular formula is C18H18F3N5O3. The van der Waals surface area contributed by atoms with Gasteiger partial charge in [0.05, 0.1) is 43.2 Å². The summed E-state index contributed by atoms with van der Waals surface area (Å²) in [6.07, 6.45) is 2.18. The molecule has 0 radical (unpaired) electrons. The molecule has 29 heavy (non-hydrogen) atoms. The van der Waals surface area contributed by atoms with Gasteiger partial charge in [0.2, 0.25) is 0 Å². The first kappa shape index (κ1) is 19.2. The molecule has 1 aromatic carbocycles. The van der Waals surface area contributed by atoms with Crippen molar-refractivity contribution >= 4 is 17.6 Å². The van der Waals surface area contributed by atoms with Crippen LogP contribution in [-0.2, 0) is 17.8 Å². The van der Waals surface area contributed by atoms with Gasteiger partial charge < -0.3 is 20.3 Å². The third kappa shape index (κ3) is 3.90. The van der Waals surface area contributed by atoms with E-state index in [1.165, 1.54) is 11.1 Å². The van der Waals surface area contributed by atoms with Crippen LogP contribution in [0.1, 0.15) is 22.5 Å². The summed E-state index contributed by atoms with van der Waals surface area (Å²) in [7, 11) is 0. The first-order chi connectivity index (χ1) is 13.9. The number of hydrogen-bond donors (Lipinski definition) is 2. The Morgan fingerprint density at radius 2 is 1.93 bits per heavy atom.